The minimum Gasteiger partial charge on any atom is -0.368 e. The zero-order valence-corrected chi connectivity index (χ0v) is 12.7. The van der Waals surface area contributed by atoms with E-state index < -0.39 is 0 Å². The fraction of sp³-hybridized carbons (Fsp3) is 0.471. The molecule has 4 heteroatoms. The van der Waals surface area contributed by atoms with Crippen molar-refractivity contribution in [2.75, 3.05) is 13.1 Å². The second-order valence-electron chi connectivity index (χ2n) is 6.10. The zero-order valence-electron chi connectivity index (χ0n) is 12.7. The summed E-state index contributed by atoms with van der Waals surface area (Å²) in [5, 5.41) is 1.34. The second-order valence-corrected chi connectivity index (χ2v) is 6.10. The van der Waals surface area contributed by atoms with Crippen molar-refractivity contribution in [3.8, 4) is 0 Å². The van der Waals surface area contributed by atoms with E-state index in [-0.39, 0.29) is 11.9 Å². The number of benzene rings is 1. The lowest BCUT2D eigenvalue weighted by atomic mass is 9.87. The number of piperidine rings is 1. The van der Waals surface area contributed by atoms with Crippen molar-refractivity contribution in [1.82, 2.24) is 9.88 Å². The van der Waals surface area contributed by atoms with Crippen LogP contribution >= 0.6 is 0 Å². The Morgan fingerprint density at radius 3 is 2.67 bits per heavy atom. The third-order valence-corrected chi connectivity index (χ3v) is 4.84. The molecule has 2 heterocycles. The molecule has 0 spiro atoms. The van der Waals surface area contributed by atoms with Crippen molar-refractivity contribution >= 4 is 16.8 Å². The highest BCUT2D eigenvalue weighted by atomic mass is 16.1. The first-order valence-electron chi connectivity index (χ1n) is 7.68. The summed E-state index contributed by atoms with van der Waals surface area (Å²) in [4.78, 5) is 17.0. The van der Waals surface area contributed by atoms with E-state index in [4.69, 9.17) is 5.73 Å². The van der Waals surface area contributed by atoms with Gasteiger partial charge in [0.2, 0.25) is 5.91 Å². The third-order valence-electron chi connectivity index (χ3n) is 4.84. The zero-order chi connectivity index (χ0) is 15.0. The van der Waals surface area contributed by atoms with Crippen LogP contribution in [0.4, 0.5) is 0 Å². The highest BCUT2D eigenvalue weighted by Gasteiger charge is 2.28. The van der Waals surface area contributed by atoms with E-state index in [1.807, 2.05) is 6.92 Å². The number of carbonyl (C=O) groups is 1. The number of H-pyrrole nitrogens is 1. The number of hydrogen-bond donors (Lipinski definition) is 2. The molecule has 21 heavy (non-hydrogen) atoms. The molecule has 0 aliphatic carbocycles. The maximum absolute atomic E-state index is 11.3. The summed E-state index contributed by atoms with van der Waals surface area (Å²) in [6.45, 7) is 5.94. The quantitative estimate of drug-likeness (QED) is 0.910. The summed E-state index contributed by atoms with van der Waals surface area (Å²) < 4.78 is 0. The molecule has 1 aromatic carbocycles. The summed E-state index contributed by atoms with van der Waals surface area (Å²) in [5.74, 6) is 0.342. The van der Waals surface area contributed by atoms with Gasteiger partial charge in [0.05, 0.1) is 6.04 Å². The van der Waals surface area contributed by atoms with E-state index >= 15 is 0 Å². The second kappa shape index (κ2) is 5.53. The molecule has 1 aliphatic heterocycles. The van der Waals surface area contributed by atoms with Crippen molar-refractivity contribution in [3.05, 3.63) is 35.5 Å². The molecule has 1 amide bonds. The number of nitrogens with two attached hydrogens (primary N) is 1. The molecule has 3 rings (SSSR count). The van der Waals surface area contributed by atoms with Gasteiger partial charge in [-0.3, -0.25) is 9.69 Å². The van der Waals surface area contributed by atoms with Crippen LogP contribution in [-0.2, 0) is 4.79 Å². The molecule has 0 radical (unpaired) electrons. The molecule has 2 aromatic rings. The first-order valence-corrected chi connectivity index (χ1v) is 7.68. The number of likely N-dealkylation sites (tertiary alicyclic amines) is 1. The number of nitrogens with zero attached hydrogens (tertiary/aromatic N) is 1. The summed E-state index contributed by atoms with van der Waals surface area (Å²) >= 11 is 0. The Bertz CT molecular complexity index is 653. The molecule has 1 saturated heterocycles. The summed E-state index contributed by atoms with van der Waals surface area (Å²) in [6.07, 6.45) is 2.17. The SMILES string of the molecule is Cc1[nH]c2ccccc2c1C1CCN([C@H](C)C(N)=O)CC1. The molecular formula is C17H23N3O. The van der Waals surface area contributed by atoms with Gasteiger partial charge < -0.3 is 10.7 Å². The van der Waals surface area contributed by atoms with Gasteiger partial charge in [-0.2, -0.15) is 0 Å². The number of aromatic amines is 1. The van der Waals surface area contributed by atoms with Crippen LogP contribution in [0, 0.1) is 6.92 Å². The molecule has 1 aliphatic rings. The van der Waals surface area contributed by atoms with Gasteiger partial charge in [-0.05, 0) is 57.3 Å². The molecule has 112 valence electrons. The van der Waals surface area contributed by atoms with E-state index in [9.17, 15) is 4.79 Å². The number of aryl methyl sites for hydroxylation is 1. The van der Waals surface area contributed by atoms with Crippen molar-refractivity contribution in [2.45, 2.75) is 38.6 Å². The number of nitrogens with one attached hydrogen (secondary N) is 1. The van der Waals surface area contributed by atoms with Crippen LogP contribution in [0.25, 0.3) is 10.9 Å². The summed E-state index contributed by atoms with van der Waals surface area (Å²) in [7, 11) is 0. The van der Waals surface area contributed by atoms with Crippen molar-refractivity contribution < 1.29 is 4.79 Å². The number of primary amides is 1. The minimum absolute atomic E-state index is 0.157. The number of fused-ring (bicyclic) bond motifs is 1. The highest BCUT2D eigenvalue weighted by Crippen LogP contribution is 2.35. The minimum atomic E-state index is -0.225. The molecule has 0 bridgehead atoms. The van der Waals surface area contributed by atoms with Crippen LogP contribution in [0.15, 0.2) is 24.3 Å². The third kappa shape index (κ3) is 2.56. The predicted molar refractivity (Wildman–Crippen MR) is 85.2 cm³/mol. The van der Waals surface area contributed by atoms with Crippen LogP contribution < -0.4 is 5.73 Å². The van der Waals surface area contributed by atoms with Crippen molar-refractivity contribution in [2.24, 2.45) is 5.73 Å². The Morgan fingerprint density at radius 1 is 1.33 bits per heavy atom. The Morgan fingerprint density at radius 2 is 2.00 bits per heavy atom. The van der Waals surface area contributed by atoms with Crippen LogP contribution in [0.1, 0.15) is 36.9 Å². The van der Waals surface area contributed by atoms with Gasteiger partial charge in [0.15, 0.2) is 0 Å². The lowest BCUT2D eigenvalue weighted by Gasteiger charge is -2.35. The molecular weight excluding hydrogens is 262 g/mol. The Labute approximate surface area is 125 Å². The van der Waals surface area contributed by atoms with Gasteiger partial charge in [0.25, 0.3) is 0 Å². The molecule has 1 atom stereocenters. The van der Waals surface area contributed by atoms with Gasteiger partial charge in [0.1, 0.15) is 0 Å². The maximum atomic E-state index is 11.3. The summed E-state index contributed by atoms with van der Waals surface area (Å²) in [6, 6.07) is 8.35. The number of para-hydroxylation sites is 1. The van der Waals surface area contributed by atoms with Crippen molar-refractivity contribution in [3.63, 3.8) is 0 Å². The van der Waals surface area contributed by atoms with Gasteiger partial charge >= 0.3 is 0 Å². The molecule has 1 fully saturated rings. The molecule has 4 nitrogen and oxygen atoms in total. The average molecular weight is 285 g/mol. The van der Waals surface area contributed by atoms with Crippen LogP contribution in [0.5, 0.6) is 0 Å². The smallest absolute Gasteiger partial charge is 0.234 e. The van der Waals surface area contributed by atoms with Gasteiger partial charge in [-0.1, -0.05) is 18.2 Å². The number of carbonyl (C=O) groups excluding carboxylic acids is 1. The first-order chi connectivity index (χ1) is 10.1. The lowest BCUT2D eigenvalue weighted by Crippen LogP contribution is -2.46. The topological polar surface area (TPSA) is 62.1 Å². The number of hydrogen-bond acceptors (Lipinski definition) is 2. The van der Waals surface area contributed by atoms with Gasteiger partial charge in [0, 0.05) is 16.6 Å². The molecule has 3 N–H and O–H groups in total. The normalized spacial score (nSPS) is 19.0. The highest BCUT2D eigenvalue weighted by molar-refractivity contribution is 5.85. The Balaban J connectivity index is 1.80. The summed E-state index contributed by atoms with van der Waals surface area (Å²) in [5.41, 5.74) is 9.36. The number of amides is 1. The van der Waals surface area contributed by atoms with Crippen LogP contribution in [-0.4, -0.2) is 34.9 Å². The van der Waals surface area contributed by atoms with Crippen LogP contribution in [0.2, 0.25) is 0 Å². The first kappa shape index (κ1) is 14.1. The molecule has 1 aromatic heterocycles. The molecule has 0 unspecified atom stereocenters. The van der Waals surface area contributed by atoms with Crippen LogP contribution in [0.3, 0.4) is 0 Å². The van der Waals surface area contributed by atoms with E-state index in [2.05, 4.69) is 41.1 Å². The van der Waals surface area contributed by atoms with E-state index in [1.165, 1.54) is 22.2 Å². The largest absolute Gasteiger partial charge is 0.368 e. The Hall–Kier alpha value is -1.81. The standard InChI is InChI=1S/C17H23N3O/c1-11-16(14-5-3-4-6-15(14)19-11)13-7-9-20(10-8-13)12(2)17(18)21/h3-6,12-13,19H,7-10H2,1-2H3,(H2,18,21)/t12-/m1/s1. The monoisotopic (exact) mass is 285 g/mol. The molecule has 0 saturated carbocycles. The predicted octanol–water partition coefficient (Wildman–Crippen LogP) is 2.53. The van der Waals surface area contributed by atoms with E-state index in [0.717, 1.165) is 25.9 Å². The van der Waals surface area contributed by atoms with Gasteiger partial charge in [-0.25, -0.2) is 0 Å². The maximum Gasteiger partial charge on any atom is 0.234 e. The Kier molecular flexibility index (Phi) is 3.72. The average Bonchev–Trinajstić information content (AvgIpc) is 2.82. The fourth-order valence-electron chi connectivity index (χ4n) is 3.58. The number of rotatable bonds is 3. The fourth-order valence-corrected chi connectivity index (χ4v) is 3.58. The number of aromatic nitrogens is 1. The van der Waals surface area contributed by atoms with Gasteiger partial charge in [-0.15, -0.1) is 0 Å². The lowest BCUT2D eigenvalue weighted by molar-refractivity contribution is -0.123. The van der Waals surface area contributed by atoms with Crippen molar-refractivity contribution in [1.29, 1.82) is 0 Å². The van der Waals surface area contributed by atoms with E-state index in [0.29, 0.717) is 5.92 Å². The van der Waals surface area contributed by atoms with E-state index in [1.54, 1.807) is 0 Å².